The van der Waals surface area contributed by atoms with E-state index in [1.807, 2.05) is 31.4 Å². The highest BCUT2D eigenvalue weighted by molar-refractivity contribution is 6.16. The Bertz CT molecular complexity index is 1480. The molecular formula is C21H17N3O5. The van der Waals surface area contributed by atoms with Gasteiger partial charge in [0.1, 0.15) is 16.8 Å². The van der Waals surface area contributed by atoms with Gasteiger partial charge in [-0.1, -0.05) is 6.07 Å². The molecule has 0 fully saturated rings. The Morgan fingerprint density at radius 2 is 1.93 bits per heavy atom. The van der Waals surface area contributed by atoms with Crippen LogP contribution in [0.4, 0.5) is 0 Å². The molecule has 0 amide bonds. The molecule has 0 spiro atoms. The Hall–Kier alpha value is -3.94. The first kappa shape index (κ1) is 17.2. The molecule has 0 aliphatic carbocycles. The Labute approximate surface area is 163 Å². The first-order chi connectivity index (χ1) is 14.0. The van der Waals surface area contributed by atoms with Crippen molar-refractivity contribution in [3.8, 4) is 28.4 Å². The lowest BCUT2D eigenvalue weighted by Gasteiger charge is -2.11. The monoisotopic (exact) mass is 391 g/mol. The molecule has 3 heterocycles. The zero-order valence-electron chi connectivity index (χ0n) is 15.9. The number of rotatable bonds is 3. The second-order valence-corrected chi connectivity index (χ2v) is 6.72. The second kappa shape index (κ2) is 6.03. The largest absolute Gasteiger partial charge is 0.507 e. The number of methoxy groups -OCH3 is 2. The van der Waals surface area contributed by atoms with Crippen LogP contribution in [0.25, 0.3) is 44.2 Å². The summed E-state index contributed by atoms with van der Waals surface area (Å²) in [7, 11) is 5.00. The highest BCUT2D eigenvalue weighted by Gasteiger charge is 2.22. The Kier molecular flexibility index (Phi) is 3.57. The van der Waals surface area contributed by atoms with Crippen molar-refractivity contribution in [2.24, 2.45) is 7.05 Å². The van der Waals surface area contributed by atoms with Gasteiger partial charge >= 0.3 is 0 Å². The molecule has 0 radical (unpaired) electrons. The maximum absolute atomic E-state index is 11.8. The minimum Gasteiger partial charge on any atom is -0.507 e. The second-order valence-electron chi connectivity index (χ2n) is 6.72. The minimum absolute atomic E-state index is 0.158. The average molecular weight is 391 g/mol. The molecule has 8 heteroatoms. The molecule has 8 nitrogen and oxygen atoms in total. The van der Waals surface area contributed by atoms with Crippen molar-refractivity contribution >= 4 is 33.1 Å². The van der Waals surface area contributed by atoms with Gasteiger partial charge < -0.3 is 24.1 Å². The van der Waals surface area contributed by atoms with Crippen LogP contribution in [0.15, 0.2) is 45.7 Å². The van der Waals surface area contributed by atoms with Crippen molar-refractivity contribution in [1.29, 1.82) is 0 Å². The molecule has 2 N–H and O–H groups in total. The van der Waals surface area contributed by atoms with Gasteiger partial charge in [0, 0.05) is 36.3 Å². The van der Waals surface area contributed by atoms with Crippen molar-refractivity contribution in [1.82, 2.24) is 14.8 Å². The summed E-state index contributed by atoms with van der Waals surface area (Å²) in [6.45, 7) is 0. The third-order valence-electron chi connectivity index (χ3n) is 5.07. The number of fused-ring (bicyclic) bond motifs is 4. The Balaban J connectivity index is 1.97. The first-order valence-corrected chi connectivity index (χ1v) is 8.87. The van der Waals surface area contributed by atoms with Gasteiger partial charge in [-0.25, -0.2) is 4.98 Å². The Morgan fingerprint density at radius 3 is 2.69 bits per heavy atom. The fourth-order valence-corrected chi connectivity index (χ4v) is 3.74. The van der Waals surface area contributed by atoms with Gasteiger partial charge in [0.05, 0.1) is 19.6 Å². The molecule has 0 saturated heterocycles. The standard InChI is InChI=1S/C21H17N3O5/c1-24-21-12(9-22-24)17(10-4-5-14(27-2)15(6-10)28-3)20-19(23-21)18-13(26)7-11(25)8-16(18)29-20/h4-9,22,26H,1-3H3. The van der Waals surface area contributed by atoms with Gasteiger partial charge in [-0.2, -0.15) is 0 Å². The van der Waals surface area contributed by atoms with Crippen LogP contribution in [0.1, 0.15) is 0 Å². The number of nitrogens with zero attached hydrogens (tertiary/aromatic N) is 2. The van der Waals surface area contributed by atoms with E-state index in [-0.39, 0.29) is 11.2 Å². The van der Waals surface area contributed by atoms with Crippen LogP contribution in [0.2, 0.25) is 0 Å². The topological polar surface area (TPSA) is 103 Å². The van der Waals surface area contributed by atoms with E-state index in [4.69, 9.17) is 18.9 Å². The van der Waals surface area contributed by atoms with Crippen molar-refractivity contribution in [2.75, 3.05) is 14.2 Å². The molecule has 5 aromatic rings. The zero-order valence-corrected chi connectivity index (χ0v) is 15.9. The van der Waals surface area contributed by atoms with E-state index < -0.39 is 0 Å². The molecule has 146 valence electrons. The number of hydrogen-bond acceptors (Lipinski definition) is 6. The third-order valence-corrected chi connectivity index (χ3v) is 5.07. The molecule has 0 aliphatic heterocycles. The van der Waals surface area contributed by atoms with E-state index in [0.717, 1.165) is 22.6 Å². The number of furan rings is 1. The number of benzene rings is 2. The van der Waals surface area contributed by atoms with Gasteiger partial charge in [0.25, 0.3) is 0 Å². The van der Waals surface area contributed by atoms with E-state index in [9.17, 15) is 9.90 Å². The van der Waals surface area contributed by atoms with E-state index in [2.05, 4.69) is 5.10 Å². The SMILES string of the molecule is COc1ccc(-c2c3c[nH]n(C)c3nc3c2oc2cc(=O)cc(O)c23)cc1OC. The van der Waals surface area contributed by atoms with Gasteiger partial charge in [-0.15, -0.1) is 0 Å². The number of phenolic OH excluding ortho intramolecular Hbond substituents is 1. The van der Waals surface area contributed by atoms with Gasteiger partial charge in [-0.3, -0.25) is 9.48 Å². The van der Waals surface area contributed by atoms with Crippen molar-refractivity contribution in [3.05, 3.63) is 46.8 Å². The van der Waals surface area contributed by atoms with Crippen LogP contribution in [0.3, 0.4) is 0 Å². The lowest BCUT2D eigenvalue weighted by Crippen LogP contribution is -1.95. The number of ether oxygens (including phenoxy) is 2. The molecule has 3 aromatic heterocycles. The predicted molar refractivity (Wildman–Crippen MR) is 109 cm³/mol. The Morgan fingerprint density at radius 1 is 1.14 bits per heavy atom. The predicted octanol–water partition coefficient (Wildman–Crippen LogP) is 3.55. The van der Waals surface area contributed by atoms with Crippen molar-refractivity contribution < 1.29 is 19.0 Å². The molecule has 0 bridgehead atoms. The van der Waals surface area contributed by atoms with E-state index >= 15 is 0 Å². The summed E-state index contributed by atoms with van der Waals surface area (Å²) in [5.74, 6) is 1.02. The lowest BCUT2D eigenvalue weighted by atomic mass is 10.0. The number of pyridine rings is 1. The normalized spacial score (nSPS) is 11.6. The number of aromatic hydroxyl groups is 1. The zero-order chi connectivity index (χ0) is 20.3. The fraction of sp³-hybridized carbons (Fsp3) is 0.143. The summed E-state index contributed by atoms with van der Waals surface area (Å²) in [4.78, 5) is 16.5. The summed E-state index contributed by atoms with van der Waals surface area (Å²) in [6, 6.07) is 8.08. The van der Waals surface area contributed by atoms with Crippen molar-refractivity contribution in [3.63, 3.8) is 0 Å². The molecule has 0 atom stereocenters. The third kappa shape index (κ3) is 2.39. The summed E-state index contributed by atoms with van der Waals surface area (Å²) in [6.07, 6.45) is 1.83. The summed E-state index contributed by atoms with van der Waals surface area (Å²) < 4.78 is 18.6. The quantitative estimate of drug-likeness (QED) is 0.488. The molecular weight excluding hydrogens is 374 g/mol. The number of aromatic amines is 1. The number of aryl methyl sites for hydroxylation is 1. The molecule has 5 rings (SSSR count). The van der Waals surface area contributed by atoms with Crippen LogP contribution in [0.5, 0.6) is 17.2 Å². The molecule has 2 aromatic carbocycles. The smallest absolute Gasteiger partial charge is 0.186 e. The number of aromatic nitrogens is 3. The maximum atomic E-state index is 11.8. The summed E-state index contributed by atoms with van der Waals surface area (Å²) in [5, 5.41) is 14.7. The number of nitrogens with one attached hydrogen (secondary N) is 1. The highest BCUT2D eigenvalue weighted by Crippen LogP contribution is 2.43. The van der Waals surface area contributed by atoms with Crippen LogP contribution < -0.4 is 14.9 Å². The van der Waals surface area contributed by atoms with Crippen LogP contribution in [-0.2, 0) is 7.05 Å². The summed E-state index contributed by atoms with van der Waals surface area (Å²) in [5.41, 5.74) is 3.17. The lowest BCUT2D eigenvalue weighted by molar-refractivity contribution is 0.355. The van der Waals surface area contributed by atoms with Crippen LogP contribution >= 0.6 is 0 Å². The van der Waals surface area contributed by atoms with Crippen LogP contribution in [0, 0.1) is 0 Å². The summed E-state index contributed by atoms with van der Waals surface area (Å²) >= 11 is 0. The van der Waals surface area contributed by atoms with Crippen LogP contribution in [-0.4, -0.2) is 34.1 Å². The number of phenols is 1. The fourth-order valence-electron chi connectivity index (χ4n) is 3.74. The molecule has 29 heavy (non-hydrogen) atoms. The average Bonchev–Trinajstić information content (AvgIpc) is 3.26. The molecule has 0 saturated carbocycles. The first-order valence-electron chi connectivity index (χ1n) is 8.87. The number of hydrogen-bond donors (Lipinski definition) is 2. The van der Waals surface area contributed by atoms with E-state index in [0.29, 0.717) is 39.2 Å². The van der Waals surface area contributed by atoms with Crippen molar-refractivity contribution in [2.45, 2.75) is 0 Å². The van der Waals surface area contributed by atoms with Gasteiger partial charge in [0.2, 0.25) is 0 Å². The molecule has 0 unspecified atom stereocenters. The maximum Gasteiger partial charge on any atom is 0.186 e. The minimum atomic E-state index is -0.334. The molecule has 0 aliphatic rings. The van der Waals surface area contributed by atoms with Gasteiger partial charge in [0.15, 0.2) is 28.2 Å². The highest BCUT2D eigenvalue weighted by atomic mass is 16.5. The van der Waals surface area contributed by atoms with Gasteiger partial charge in [-0.05, 0) is 17.7 Å². The number of H-pyrrole nitrogens is 1. The van der Waals surface area contributed by atoms with E-state index in [1.54, 1.807) is 18.9 Å². The van der Waals surface area contributed by atoms with E-state index in [1.165, 1.54) is 6.07 Å².